The van der Waals surface area contributed by atoms with Gasteiger partial charge in [0.15, 0.2) is 0 Å². The first-order valence-corrected chi connectivity index (χ1v) is 9.60. The van der Waals surface area contributed by atoms with E-state index in [9.17, 15) is 4.79 Å². The van der Waals surface area contributed by atoms with Crippen molar-refractivity contribution < 1.29 is 4.79 Å². The Hall–Kier alpha value is -1.37. The fourth-order valence-corrected chi connectivity index (χ4v) is 4.27. The van der Waals surface area contributed by atoms with Crippen LogP contribution in [0.5, 0.6) is 0 Å². The SMILES string of the molecule is Cc1ncc(CN2CCN(C(=O)CSc3ccccc3)CC2)s1. The predicted molar refractivity (Wildman–Crippen MR) is 95.9 cm³/mol. The molecule has 0 radical (unpaired) electrons. The normalized spacial score (nSPS) is 15.8. The van der Waals surface area contributed by atoms with E-state index >= 15 is 0 Å². The molecule has 1 amide bonds. The standard InChI is InChI=1S/C17H21N3OS2/c1-14-18-11-16(23-14)12-19-7-9-20(10-8-19)17(21)13-22-15-5-3-2-4-6-15/h2-6,11H,7-10,12-13H2,1H3. The van der Waals surface area contributed by atoms with Gasteiger partial charge in [0, 0.05) is 48.7 Å². The largest absolute Gasteiger partial charge is 0.339 e. The van der Waals surface area contributed by atoms with Crippen LogP contribution in [-0.2, 0) is 11.3 Å². The minimum atomic E-state index is 0.243. The summed E-state index contributed by atoms with van der Waals surface area (Å²) in [5.74, 6) is 0.769. The van der Waals surface area contributed by atoms with Crippen molar-refractivity contribution in [3.8, 4) is 0 Å². The van der Waals surface area contributed by atoms with E-state index in [1.165, 1.54) is 4.88 Å². The van der Waals surface area contributed by atoms with E-state index in [1.54, 1.807) is 23.1 Å². The van der Waals surface area contributed by atoms with Gasteiger partial charge in [-0.25, -0.2) is 4.98 Å². The summed E-state index contributed by atoms with van der Waals surface area (Å²) in [4.78, 5) is 23.5. The lowest BCUT2D eigenvalue weighted by Gasteiger charge is -2.34. The van der Waals surface area contributed by atoms with E-state index in [2.05, 4.69) is 9.88 Å². The second-order valence-corrected chi connectivity index (χ2v) is 7.97. The van der Waals surface area contributed by atoms with Crippen molar-refractivity contribution in [1.82, 2.24) is 14.8 Å². The number of piperazine rings is 1. The molecule has 1 aromatic carbocycles. The first kappa shape index (κ1) is 16.5. The summed E-state index contributed by atoms with van der Waals surface area (Å²) in [7, 11) is 0. The van der Waals surface area contributed by atoms with Crippen molar-refractivity contribution in [1.29, 1.82) is 0 Å². The van der Waals surface area contributed by atoms with Crippen LogP contribution in [0.25, 0.3) is 0 Å². The summed E-state index contributed by atoms with van der Waals surface area (Å²) >= 11 is 3.37. The molecule has 3 rings (SSSR count). The van der Waals surface area contributed by atoms with Crippen molar-refractivity contribution in [2.75, 3.05) is 31.9 Å². The quantitative estimate of drug-likeness (QED) is 0.779. The molecule has 0 atom stereocenters. The molecule has 1 aromatic heterocycles. The lowest BCUT2D eigenvalue weighted by molar-refractivity contribution is -0.130. The third-order valence-electron chi connectivity index (χ3n) is 3.88. The number of carbonyl (C=O) groups excluding carboxylic acids is 1. The van der Waals surface area contributed by atoms with Crippen molar-refractivity contribution in [2.24, 2.45) is 0 Å². The highest BCUT2D eigenvalue weighted by molar-refractivity contribution is 8.00. The molecule has 122 valence electrons. The fourth-order valence-electron chi connectivity index (χ4n) is 2.61. The molecule has 1 saturated heterocycles. The van der Waals surface area contributed by atoms with Crippen molar-refractivity contribution in [3.63, 3.8) is 0 Å². The van der Waals surface area contributed by atoms with E-state index in [1.807, 2.05) is 48.4 Å². The van der Waals surface area contributed by atoms with Gasteiger partial charge in [-0.05, 0) is 19.1 Å². The molecular formula is C17H21N3OS2. The molecule has 1 aliphatic rings. The number of thioether (sulfide) groups is 1. The van der Waals surface area contributed by atoms with Gasteiger partial charge in [0.1, 0.15) is 0 Å². The molecule has 0 unspecified atom stereocenters. The number of nitrogens with zero attached hydrogens (tertiary/aromatic N) is 3. The first-order valence-electron chi connectivity index (χ1n) is 7.80. The van der Waals surface area contributed by atoms with E-state index in [4.69, 9.17) is 0 Å². The van der Waals surface area contributed by atoms with Gasteiger partial charge >= 0.3 is 0 Å². The van der Waals surface area contributed by atoms with Crippen molar-refractivity contribution in [3.05, 3.63) is 46.4 Å². The van der Waals surface area contributed by atoms with Crippen LogP contribution in [0, 0.1) is 6.92 Å². The van der Waals surface area contributed by atoms with Gasteiger partial charge in [0.2, 0.25) is 5.91 Å². The maximum atomic E-state index is 12.3. The van der Waals surface area contributed by atoms with Gasteiger partial charge in [-0.1, -0.05) is 18.2 Å². The van der Waals surface area contributed by atoms with Crippen LogP contribution in [0.15, 0.2) is 41.4 Å². The summed E-state index contributed by atoms with van der Waals surface area (Å²) in [5.41, 5.74) is 0. The van der Waals surface area contributed by atoms with Crippen LogP contribution in [0.2, 0.25) is 0 Å². The smallest absolute Gasteiger partial charge is 0.233 e. The number of amides is 1. The van der Waals surface area contributed by atoms with Crippen LogP contribution in [0.1, 0.15) is 9.88 Å². The summed E-state index contributed by atoms with van der Waals surface area (Å²) < 4.78 is 0. The number of hydrogen-bond donors (Lipinski definition) is 0. The second kappa shape index (κ2) is 7.95. The number of carbonyl (C=O) groups is 1. The molecule has 0 bridgehead atoms. The lowest BCUT2D eigenvalue weighted by Crippen LogP contribution is -2.48. The lowest BCUT2D eigenvalue weighted by atomic mass is 10.3. The Morgan fingerprint density at radius 2 is 1.96 bits per heavy atom. The Morgan fingerprint density at radius 1 is 1.22 bits per heavy atom. The Labute approximate surface area is 145 Å². The van der Waals surface area contributed by atoms with Crippen LogP contribution in [0.3, 0.4) is 0 Å². The van der Waals surface area contributed by atoms with Crippen molar-refractivity contribution >= 4 is 29.0 Å². The summed E-state index contributed by atoms with van der Waals surface area (Å²) in [6.07, 6.45) is 1.97. The number of rotatable bonds is 5. The number of thiazole rings is 1. The summed E-state index contributed by atoms with van der Waals surface area (Å²) in [6.45, 7) is 6.52. The van der Waals surface area contributed by atoms with E-state index < -0.39 is 0 Å². The Bertz CT molecular complexity index is 636. The van der Waals surface area contributed by atoms with Crippen LogP contribution in [0.4, 0.5) is 0 Å². The Kier molecular flexibility index (Phi) is 5.70. The molecule has 23 heavy (non-hydrogen) atoms. The zero-order valence-electron chi connectivity index (χ0n) is 13.3. The van der Waals surface area contributed by atoms with E-state index in [-0.39, 0.29) is 5.91 Å². The maximum Gasteiger partial charge on any atom is 0.233 e. The minimum absolute atomic E-state index is 0.243. The number of hydrogen-bond acceptors (Lipinski definition) is 5. The molecule has 0 aliphatic carbocycles. The predicted octanol–water partition coefficient (Wildman–Crippen LogP) is 2.89. The van der Waals surface area contributed by atoms with Crippen LogP contribution in [-0.4, -0.2) is 52.6 Å². The molecule has 0 saturated carbocycles. The van der Waals surface area contributed by atoms with Gasteiger partial charge in [-0.2, -0.15) is 0 Å². The second-order valence-electron chi connectivity index (χ2n) is 5.60. The molecule has 2 heterocycles. The third kappa shape index (κ3) is 4.80. The van der Waals surface area contributed by atoms with E-state index in [0.717, 1.165) is 42.6 Å². The van der Waals surface area contributed by atoms with Gasteiger partial charge in [0.25, 0.3) is 0 Å². The van der Waals surface area contributed by atoms with Gasteiger partial charge < -0.3 is 4.90 Å². The third-order valence-corrected chi connectivity index (χ3v) is 5.77. The maximum absolute atomic E-state index is 12.3. The molecule has 2 aromatic rings. The molecule has 0 N–H and O–H groups in total. The number of aryl methyl sites for hydroxylation is 1. The minimum Gasteiger partial charge on any atom is -0.339 e. The summed E-state index contributed by atoms with van der Waals surface area (Å²) in [6, 6.07) is 10.1. The highest BCUT2D eigenvalue weighted by Crippen LogP contribution is 2.19. The van der Waals surface area contributed by atoms with Crippen LogP contribution < -0.4 is 0 Å². The van der Waals surface area contributed by atoms with Crippen LogP contribution >= 0.6 is 23.1 Å². The molecule has 1 aliphatic heterocycles. The average Bonchev–Trinajstić information content (AvgIpc) is 2.99. The Balaban J connectivity index is 1.42. The molecule has 0 spiro atoms. The highest BCUT2D eigenvalue weighted by atomic mass is 32.2. The summed E-state index contributed by atoms with van der Waals surface area (Å²) in [5, 5.41) is 1.12. The molecule has 4 nitrogen and oxygen atoms in total. The molecular weight excluding hydrogens is 326 g/mol. The first-order chi connectivity index (χ1) is 11.2. The highest BCUT2D eigenvalue weighted by Gasteiger charge is 2.21. The average molecular weight is 348 g/mol. The zero-order chi connectivity index (χ0) is 16.1. The van der Waals surface area contributed by atoms with E-state index in [0.29, 0.717) is 5.75 Å². The number of aromatic nitrogens is 1. The zero-order valence-corrected chi connectivity index (χ0v) is 14.9. The fraction of sp³-hybridized carbons (Fsp3) is 0.412. The van der Waals surface area contributed by atoms with Gasteiger partial charge in [0.05, 0.1) is 10.8 Å². The number of benzene rings is 1. The monoisotopic (exact) mass is 347 g/mol. The molecule has 6 heteroatoms. The topological polar surface area (TPSA) is 36.4 Å². The Morgan fingerprint density at radius 3 is 2.61 bits per heavy atom. The van der Waals surface area contributed by atoms with Gasteiger partial charge in [-0.3, -0.25) is 9.69 Å². The molecule has 1 fully saturated rings. The van der Waals surface area contributed by atoms with Gasteiger partial charge in [-0.15, -0.1) is 23.1 Å². The van der Waals surface area contributed by atoms with Crippen molar-refractivity contribution in [2.45, 2.75) is 18.4 Å².